The molecule has 0 bridgehead atoms. The number of para-hydroxylation sites is 1. The van der Waals surface area contributed by atoms with E-state index in [4.69, 9.17) is 9.26 Å². The third-order valence-electron chi connectivity index (χ3n) is 4.59. The van der Waals surface area contributed by atoms with Gasteiger partial charge in [-0.05, 0) is 19.9 Å². The smallest absolute Gasteiger partial charge is 0.276 e. The van der Waals surface area contributed by atoms with Crippen molar-refractivity contribution in [3.63, 3.8) is 0 Å². The standard InChI is InChI=1S/C21H24N4O3/c1-5-11-27-19-10-8-7-9-16(19)14-25(6-2)21(26)18-12-20(28-23-18)17-13-22-24(4)15(17)3/h5,7-10,12-13H,1,6,11,14H2,2-4H3. The molecule has 2 aromatic heterocycles. The number of aryl methyl sites for hydroxylation is 1. The van der Waals surface area contributed by atoms with Crippen LogP contribution in [0.4, 0.5) is 0 Å². The van der Waals surface area contributed by atoms with Crippen LogP contribution < -0.4 is 4.74 Å². The Labute approximate surface area is 164 Å². The fraction of sp³-hybridized carbons (Fsp3) is 0.286. The molecular formula is C21H24N4O3. The Kier molecular flexibility index (Phi) is 5.93. The van der Waals surface area contributed by atoms with Crippen molar-refractivity contribution in [2.75, 3.05) is 13.2 Å². The number of amides is 1. The Bertz CT molecular complexity index is 974. The number of hydrogen-bond acceptors (Lipinski definition) is 5. The summed E-state index contributed by atoms with van der Waals surface area (Å²) < 4.78 is 12.8. The SMILES string of the molecule is C=CCOc1ccccc1CN(CC)C(=O)c1cc(-c2cnn(C)c2C)on1. The summed E-state index contributed by atoms with van der Waals surface area (Å²) in [6.45, 7) is 8.89. The van der Waals surface area contributed by atoms with E-state index in [2.05, 4.69) is 16.8 Å². The first-order valence-electron chi connectivity index (χ1n) is 9.11. The topological polar surface area (TPSA) is 73.4 Å². The summed E-state index contributed by atoms with van der Waals surface area (Å²) in [5.74, 6) is 1.07. The highest BCUT2D eigenvalue weighted by Crippen LogP contribution is 2.25. The highest BCUT2D eigenvalue weighted by molar-refractivity contribution is 5.93. The zero-order chi connectivity index (χ0) is 20.1. The largest absolute Gasteiger partial charge is 0.489 e. The summed E-state index contributed by atoms with van der Waals surface area (Å²) in [5.41, 5.74) is 2.95. The van der Waals surface area contributed by atoms with Crippen LogP contribution in [0.25, 0.3) is 11.3 Å². The van der Waals surface area contributed by atoms with Crippen molar-refractivity contribution >= 4 is 5.91 Å². The lowest BCUT2D eigenvalue weighted by atomic mass is 10.1. The lowest BCUT2D eigenvalue weighted by molar-refractivity contribution is 0.0741. The summed E-state index contributed by atoms with van der Waals surface area (Å²) in [7, 11) is 1.85. The van der Waals surface area contributed by atoms with E-state index >= 15 is 0 Å². The van der Waals surface area contributed by atoms with Crippen LogP contribution >= 0.6 is 0 Å². The second-order valence-corrected chi connectivity index (χ2v) is 6.37. The highest BCUT2D eigenvalue weighted by atomic mass is 16.5. The molecule has 3 rings (SSSR count). The van der Waals surface area contributed by atoms with Gasteiger partial charge in [-0.2, -0.15) is 5.10 Å². The van der Waals surface area contributed by atoms with Gasteiger partial charge in [-0.1, -0.05) is 36.0 Å². The molecule has 0 aliphatic rings. The van der Waals surface area contributed by atoms with Gasteiger partial charge in [-0.15, -0.1) is 0 Å². The molecule has 0 fully saturated rings. The molecule has 1 aromatic carbocycles. The van der Waals surface area contributed by atoms with Crippen LogP contribution in [-0.2, 0) is 13.6 Å². The number of aromatic nitrogens is 3. The Morgan fingerprint density at radius 1 is 1.39 bits per heavy atom. The Balaban J connectivity index is 1.80. The average molecular weight is 380 g/mol. The molecule has 7 nitrogen and oxygen atoms in total. The van der Waals surface area contributed by atoms with Gasteiger partial charge in [0.2, 0.25) is 0 Å². The van der Waals surface area contributed by atoms with Crippen molar-refractivity contribution in [3.05, 3.63) is 66.1 Å². The molecule has 0 aliphatic carbocycles. The summed E-state index contributed by atoms with van der Waals surface area (Å²) >= 11 is 0. The van der Waals surface area contributed by atoms with Gasteiger partial charge < -0.3 is 14.2 Å². The molecule has 0 radical (unpaired) electrons. The number of hydrogen-bond donors (Lipinski definition) is 0. The molecule has 0 unspecified atom stereocenters. The molecule has 0 saturated carbocycles. The molecule has 7 heteroatoms. The quantitative estimate of drug-likeness (QED) is 0.558. The zero-order valence-electron chi connectivity index (χ0n) is 16.4. The minimum absolute atomic E-state index is 0.197. The minimum Gasteiger partial charge on any atom is -0.489 e. The molecule has 0 spiro atoms. The van der Waals surface area contributed by atoms with Crippen molar-refractivity contribution in [2.45, 2.75) is 20.4 Å². The third kappa shape index (κ3) is 3.98. The fourth-order valence-corrected chi connectivity index (χ4v) is 2.86. The maximum Gasteiger partial charge on any atom is 0.276 e. The van der Waals surface area contributed by atoms with E-state index in [1.807, 2.05) is 45.2 Å². The Hall–Kier alpha value is -3.35. The van der Waals surface area contributed by atoms with Crippen LogP contribution in [0, 0.1) is 6.92 Å². The van der Waals surface area contributed by atoms with Crippen molar-refractivity contribution in [2.24, 2.45) is 7.05 Å². The van der Waals surface area contributed by atoms with Crippen molar-refractivity contribution in [1.82, 2.24) is 19.8 Å². The molecule has 0 aliphatic heterocycles. The fourth-order valence-electron chi connectivity index (χ4n) is 2.86. The van der Waals surface area contributed by atoms with Gasteiger partial charge in [0.15, 0.2) is 11.5 Å². The van der Waals surface area contributed by atoms with E-state index in [-0.39, 0.29) is 11.6 Å². The molecule has 1 amide bonds. The van der Waals surface area contributed by atoms with Crippen LogP contribution in [0.15, 0.2) is 53.7 Å². The first kappa shape index (κ1) is 19.4. The maximum absolute atomic E-state index is 13.0. The van der Waals surface area contributed by atoms with Gasteiger partial charge in [0.1, 0.15) is 12.4 Å². The minimum atomic E-state index is -0.197. The van der Waals surface area contributed by atoms with E-state index in [0.717, 1.165) is 22.6 Å². The van der Waals surface area contributed by atoms with Crippen LogP contribution in [0.2, 0.25) is 0 Å². The van der Waals surface area contributed by atoms with Gasteiger partial charge in [0, 0.05) is 37.5 Å². The number of carbonyl (C=O) groups excluding carboxylic acids is 1. The van der Waals surface area contributed by atoms with Gasteiger partial charge >= 0.3 is 0 Å². The zero-order valence-corrected chi connectivity index (χ0v) is 16.4. The number of rotatable bonds is 8. The highest BCUT2D eigenvalue weighted by Gasteiger charge is 2.22. The lowest BCUT2D eigenvalue weighted by Crippen LogP contribution is -2.30. The van der Waals surface area contributed by atoms with Crippen LogP contribution in [0.1, 0.15) is 28.7 Å². The van der Waals surface area contributed by atoms with Gasteiger partial charge in [0.25, 0.3) is 5.91 Å². The normalized spacial score (nSPS) is 10.7. The van der Waals surface area contributed by atoms with Crippen LogP contribution in [0.3, 0.4) is 0 Å². The van der Waals surface area contributed by atoms with E-state index in [0.29, 0.717) is 25.5 Å². The number of benzene rings is 1. The van der Waals surface area contributed by atoms with E-state index < -0.39 is 0 Å². The Morgan fingerprint density at radius 3 is 2.86 bits per heavy atom. The molecule has 0 atom stereocenters. The van der Waals surface area contributed by atoms with Crippen LogP contribution in [0.5, 0.6) is 5.75 Å². The number of ether oxygens (including phenoxy) is 1. The molecule has 0 N–H and O–H groups in total. The molecule has 3 aromatic rings. The summed E-state index contributed by atoms with van der Waals surface area (Å²) in [6, 6.07) is 9.32. The van der Waals surface area contributed by atoms with E-state index in [1.165, 1.54) is 0 Å². The average Bonchev–Trinajstić information content (AvgIpc) is 3.32. The van der Waals surface area contributed by atoms with Crippen molar-refractivity contribution in [3.8, 4) is 17.1 Å². The van der Waals surface area contributed by atoms with E-state index in [9.17, 15) is 4.79 Å². The Morgan fingerprint density at radius 2 is 2.18 bits per heavy atom. The monoisotopic (exact) mass is 380 g/mol. The number of carbonyl (C=O) groups is 1. The molecule has 146 valence electrons. The van der Waals surface area contributed by atoms with Gasteiger partial charge in [-0.25, -0.2) is 0 Å². The summed E-state index contributed by atoms with van der Waals surface area (Å²) in [4.78, 5) is 14.7. The summed E-state index contributed by atoms with van der Waals surface area (Å²) in [6.07, 6.45) is 3.39. The lowest BCUT2D eigenvalue weighted by Gasteiger charge is -2.21. The molecule has 28 heavy (non-hydrogen) atoms. The van der Waals surface area contributed by atoms with Crippen molar-refractivity contribution < 1.29 is 14.1 Å². The van der Waals surface area contributed by atoms with Gasteiger partial charge in [-0.3, -0.25) is 9.48 Å². The third-order valence-corrected chi connectivity index (χ3v) is 4.59. The first-order valence-corrected chi connectivity index (χ1v) is 9.11. The van der Waals surface area contributed by atoms with E-state index in [1.54, 1.807) is 27.9 Å². The van der Waals surface area contributed by atoms with Gasteiger partial charge in [0.05, 0.1) is 11.8 Å². The molecular weight excluding hydrogens is 356 g/mol. The summed E-state index contributed by atoms with van der Waals surface area (Å²) in [5, 5.41) is 8.18. The van der Waals surface area contributed by atoms with Crippen molar-refractivity contribution in [1.29, 1.82) is 0 Å². The first-order chi connectivity index (χ1) is 13.5. The maximum atomic E-state index is 13.0. The predicted octanol–water partition coefficient (Wildman–Crippen LogP) is 3.61. The molecule has 0 saturated heterocycles. The second kappa shape index (κ2) is 8.56. The number of nitrogens with zero attached hydrogens (tertiary/aromatic N) is 4. The second-order valence-electron chi connectivity index (χ2n) is 6.37. The predicted molar refractivity (Wildman–Crippen MR) is 106 cm³/mol. The molecule has 2 heterocycles. The van der Waals surface area contributed by atoms with Crippen LogP contribution in [-0.4, -0.2) is 38.9 Å².